The first-order valence-corrected chi connectivity index (χ1v) is 11.6. The summed E-state index contributed by atoms with van der Waals surface area (Å²) in [5.74, 6) is -0.132. The molecule has 0 radical (unpaired) electrons. The highest BCUT2D eigenvalue weighted by Crippen LogP contribution is 2.39. The second-order valence-electron chi connectivity index (χ2n) is 6.88. The SMILES string of the molecule is CS(=O)(=O)N1CCC(Nc2ncc(C(F)(F)F)c(-c3ncc(C(O)C(F)F)s3)n2)CC1. The lowest BCUT2D eigenvalue weighted by atomic mass is 10.1. The van der Waals surface area contributed by atoms with Crippen LogP contribution >= 0.6 is 11.3 Å². The predicted octanol–water partition coefficient (Wildman–Crippen LogP) is 2.75. The second kappa shape index (κ2) is 8.88. The van der Waals surface area contributed by atoms with Gasteiger partial charge in [-0.25, -0.2) is 36.5 Å². The van der Waals surface area contributed by atoms with Crippen molar-refractivity contribution in [3.63, 3.8) is 0 Å². The molecule has 0 aromatic carbocycles. The van der Waals surface area contributed by atoms with Gasteiger partial charge in [-0.3, -0.25) is 0 Å². The lowest BCUT2D eigenvalue weighted by Gasteiger charge is -2.30. The van der Waals surface area contributed by atoms with Crippen LogP contribution in [0.25, 0.3) is 10.7 Å². The fourth-order valence-corrected chi connectivity index (χ4v) is 4.78. The van der Waals surface area contributed by atoms with E-state index >= 15 is 0 Å². The van der Waals surface area contributed by atoms with Gasteiger partial charge in [0.05, 0.1) is 11.1 Å². The van der Waals surface area contributed by atoms with Crippen molar-refractivity contribution in [1.29, 1.82) is 0 Å². The standard InChI is InChI=1S/C16H18F5N5O3S2/c1-31(28,29)26-4-2-8(3-5-26)24-15-23-6-9(16(19,20)21)11(25-15)14-22-7-10(30-14)12(27)13(17)18/h6-8,12-13,27H,2-5H2,1H3,(H,23,24,25). The number of nitrogens with one attached hydrogen (secondary N) is 1. The molecule has 1 saturated heterocycles. The molecular formula is C16H18F5N5O3S2. The zero-order valence-electron chi connectivity index (χ0n) is 16.0. The molecule has 2 aromatic rings. The maximum Gasteiger partial charge on any atom is 0.420 e. The minimum Gasteiger partial charge on any atom is -0.382 e. The lowest BCUT2D eigenvalue weighted by molar-refractivity contribution is -0.137. The van der Waals surface area contributed by atoms with Crippen molar-refractivity contribution in [1.82, 2.24) is 19.3 Å². The van der Waals surface area contributed by atoms with Crippen LogP contribution in [0.4, 0.5) is 27.9 Å². The number of halogens is 5. The molecular weight excluding hydrogens is 469 g/mol. The summed E-state index contributed by atoms with van der Waals surface area (Å²) < 4.78 is 90.1. The van der Waals surface area contributed by atoms with Crippen molar-refractivity contribution in [3.8, 4) is 10.7 Å². The van der Waals surface area contributed by atoms with Crippen molar-refractivity contribution >= 4 is 27.3 Å². The van der Waals surface area contributed by atoms with E-state index in [0.29, 0.717) is 30.4 Å². The van der Waals surface area contributed by atoms with Gasteiger partial charge in [0.1, 0.15) is 16.3 Å². The van der Waals surface area contributed by atoms with Crippen LogP contribution in [0.15, 0.2) is 12.4 Å². The van der Waals surface area contributed by atoms with E-state index in [9.17, 15) is 35.5 Å². The number of piperidine rings is 1. The van der Waals surface area contributed by atoms with E-state index in [0.717, 1.165) is 12.5 Å². The summed E-state index contributed by atoms with van der Waals surface area (Å²) in [5.41, 5.74) is -1.80. The van der Waals surface area contributed by atoms with Crippen LogP contribution in [0.2, 0.25) is 0 Å². The number of aromatic nitrogens is 3. The molecule has 1 unspecified atom stereocenters. The van der Waals surface area contributed by atoms with Crippen LogP contribution in [-0.4, -0.2) is 64.6 Å². The number of aliphatic hydroxyl groups excluding tert-OH is 1. The van der Waals surface area contributed by atoms with Gasteiger partial charge in [0.2, 0.25) is 16.0 Å². The number of thiazole rings is 1. The quantitative estimate of drug-likeness (QED) is 0.604. The minimum absolute atomic E-state index is 0.132. The zero-order chi connectivity index (χ0) is 23.0. The second-order valence-corrected chi connectivity index (χ2v) is 9.93. The Bertz CT molecular complexity index is 1020. The Balaban J connectivity index is 1.85. The van der Waals surface area contributed by atoms with Gasteiger partial charge in [0.15, 0.2) is 6.10 Å². The van der Waals surface area contributed by atoms with Crippen LogP contribution in [-0.2, 0) is 16.2 Å². The number of nitrogens with zero attached hydrogens (tertiary/aromatic N) is 4. The normalized spacial score (nSPS) is 17.8. The molecule has 31 heavy (non-hydrogen) atoms. The molecule has 1 aliphatic heterocycles. The lowest BCUT2D eigenvalue weighted by Crippen LogP contribution is -2.42. The number of sulfonamides is 1. The molecule has 15 heteroatoms. The number of anilines is 1. The molecule has 1 aliphatic rings. The van der Waals surface area contributed by atoms with Crippen molar-refractivity contribution in [2.45, 2.75) is 37.6 Å². The van der Waals surface area contributed by atoms with E-state index < -0.39 is 40.0 Å². The Hall–Kier alpha value is -1.97. The van der Waals surface area contributed by atoms with Gasteiger partial charge in [0, 0.05) is 31.5 Å². The number of hydrogen-bond donors (Lipinski definition) is 2. The average molecular weight is 487 g/mol. The van der Waals surface area contributed by atoms with Crippen molar-refractivity contribution in [3.05, 3.63) is 22.8 Å². The predicted molar refractivity (Wildman–Crippen MR) is 102 cm³/mol. The minimum atomic E-state index is -4.82. The Labute approximate surface area is 178 Å². The molecule has 0 saturated carbocycles. The van der Waals surface area contributed by atoms with Crippen LogP contribution in [0.5, 0.6) is 0 Å². The summed E-state index contributed by atoms with van der Waals surface area (Å²) in [6.07, 6.45) is -6.76. The first-order chi connectivity index (χ1) is 14.4. The highest BCUT2D eigenvalue weighted by atomic mass is 32.2. The highest BCUT2D eigenvalue weighted by molar-refractivity contribution is 7.88. The van der Waals surface area contributed by atoms with Crippen LogP contribution in [0.1, 0.15) is 29.4 Å². The number of hydrogen-bond acceptors (Lipinski definition) is 8. The number of alkyl halides is 5. The molecule has 2 N–H and O–H groups in total. The molecule has 172 valence electrons. The van der Waals surface area contributed by atoms with E-state index in [1.165, 1.54) is 4.31 Å². The van der Waals surface area contributed by atoms with Gasteiger partial charge in [-0.05, 0) is 12.8 Å². The molecule has 8 nitrogen and oxygen atoms in total. The van der Waals surface area contributed by atoms with Gasteiger partial charge < -0.3 is 10.4 Å². The Morgan fingerprint density at radius 1 is 1.23 bits per heavy atom. The van der Waals surface area contributed by atoms with E-state index in [-0.39, 0.29) is 35.0 Å². The summed E-state index contributed by atoms with van der Waals surface area (Å²) in [7, 11) is -3.33. The zero-order valence-corrected chi connectivity index (χ0v) is 17.6. The first-order valence-electron chi connectivity index (χ1n) is 8.94. The fourth-order valence-electron chi connectivity index (χ4n) is 2.99. The third-order valence-electron chi connectivity index (χ3n) is 4.61. The molecule has 0 amide bonds. The van der Waals surface area contributed by atoms with Gasteiger partial charge in [-0.2, -0.15) is 13.2 Å². The molecule has 1 fully saturated rings. The Morgan fingerprint density at radius 2 is 1.87 bits per heavy atom. The van der Waals surface area contributed by atoms with Crippen LogP contribution in [0.3, 0.4) is 0 Å². The van der Waals surface area contributed by atoms with Crippen LogP contribution < -0.4 is 5.32 Å². The summed E-state index contributed by atoms with van der Waals surface area (Å²) in [6.45, 7) is 0.483. The van der Waals surface area contributed by atoms with E-state index in [1.54, 1.807) is 0 Å². The van der Waals surface area contributed by atoms with Crippen molar-refractivity contribution < 1.29 is 35.5 Å². The smallest absolute Gasteiger partial charge is 0.382 e. The monoisotopic (exact) mass is 487 g/mol. The van der Waals surface area contributed by atoms with E-state index in [2.05, 4.69) is 20.3 Å². The molecule has 3 heterocycles. The Morgan fingerprint density at radius 3 is 2.42 bits per heavy atom. The molecule has 0 spiro atoms. The maximum absolute atomic E-state index is 13.4. The van der Waals surface area contributed by atoms with E-state index in [4.69, 9.17) is 0 Å². The van der Waals surface area contributed by atoms with Gasteiger partial charge in [-0.1, -0.05) is 0 Å². The Kier molecular flexibility index (Phi) is 6.78. The van der Waals surface area contributed by atoms with Gasteiger partial charge >= 0.3 is 6.18 Å². The highest BCUT2D eigenvalue weighted by Gasteiger charge is 2.37. The van der Waals surface area contributed by atoms with Gasteiger partial charge in [0.25, 0.3) is 6.43 Å². The van der Waals surface area contributed by atoms with E-state index in [1.807, 2.05) is 0 Å². The van der Waals surface area contributed by atoms with Crippen LogP contribution in [0, 0.1) is 0 Å². The maximum atomic E-state index is 13.4. The molecule has 2 aromatic heterocycles. The summed E-state index contributed by atoms with van der Waals surface area (Å²) in [4.78, 5) is 11.0. The summed E-state index contributed by atoms with van der Waals surface area (Å²) in [6, 6.07) is -0.268. The average Bonchev–Trinajstić information content (AvgIpc) is 3.16. The third kappa shape index (κ3) is 5.64. The molecule has 0 aliphatic carbocycles. The summed E-state index contributed by atoms with van der Waals surface area (Å²) in [5, 5.41) is 12.0. The topological polar surface area (TPSA) is 108 Å². The number of rotatable bonds is 6. The summed E-state index contributed by atoms with van der Waals surface area (Å²) >= 11 is 0.478. The van der Waals surface area contributed by atoms with Crippen molar-refractivity contribution in [2.75, 3.05) is 24.7 Å². The molecule has 3 rings (SSSR count). The largest absolute Gasteiger partial charge is 0.420 e. The van der Waals surface area contributed by atoms with Crippen molar-refractivity contribution in [2.24, 2.45) is 0 Å². The molecule has 1 atom stereocenters. The number of aliphatic hydroxyl groups is 1. The third-order valence-corrected chi connectivity index (χ3v) is 6.98. The first kappa shape index (κ1) is 23.7. The fraction of sp³-hybridized carbons (Fsp3) is 0.562. The molecule has 0 bridgehead atoms. The van der Waals surface area contributed by atoms with Gasteiger partial charge in [-0.15, -0.1) is 11.3 Å².